The summed E-state index contributed by atoms with van der Waals surface area (Å²) in [6.07, 6.45) is 0.908. The van der Waals surface area contributed by atoms with Gasteiger partial charge in [-0.1, -0.05) is 35.9 Å². The van der Waals surface area contributed by atoms with Gasteiger partial charge in [-0.05, 0) is 56.9 Å². The normalized spacial score (nSPS) is 15.3. The molecular formula is C24H30N2O5S. The van der Waals surface area contributed by atoms with Crippen LogP contribution in [0.3, 0.4) is 0 Å². The second-order valence-corrected chi connectivity index (χ2v) is 10.1. The predicted octanol–water partition coefficient (Wildman–Crippen LogP) is 3.66. The van der Waals surface area contributed by atoms with Gasteiger partial charge in [0.15, 0.2) is 0 Å². The van der Waals surface area contributed by atoms with Crippen molar-refractivity contribution in [2.24, 2.45) is 5.92 Å². The van der Waals surface area contributed by atoms with Crippen molar-refractivity contribution in [2.75, 3.05) is 25.0 Å². The molecular weight excluding hydrogens is 428 g/mol. The summed E-state index contributed by atoms with van der Waals surface area (Å²) < 4.78 is 32.1. The highest BCUT2D eigenvalue weighted by Crippen LogP contribution is 2.25. The predicted molar refractivity (Wildman–Crippen MR) is 124 cm³/mol. The molecule has 0 atom stereocenters. The van der Waals surface area contributed by atoms with E-state index < -0.39 is 16.0 Å². The summed E-state index contributed by atoms with van der Waals surface area (Å²) in [5, 5.41) is 2.90. The molecule has 0 aliphatic carbocycles. The van der Waals surface area contributed by atoms with Gasteiger partial charge in [0.25, 0.3) is 0 Å². The van der Waals surface area contributed by atoms with E-state index in [4.69, 9.17) is 4.74 Å². The van der Waals surface area contributed by atoms with E-state index in [1.165, 1.54) is 4.31 Å². The standard InChI is InChI=1S/C24H30N2O5S/c1-4-31-24(28)21-10-7-18(3)22(15-21)25-23(27)20-11-13-26(14-12-20)32(29,30)16-19-8-5-17(2)6-9-19/h5-10,15,20H,4,11-14,16H2,1-3H3,(H,25,27). The summed E-state index contributed by atoms with van der Waals surface area (Å²) >= 11 is 0. The van der Waals surface area contributed by atoms with E-state index in [-0.39, 0.29) is 24.2 Å². The number of carbonyl (C=O) groups excluding carboxylic acids is 2. The fraction of sp³-hybridized carbons (Fsp3) is 0.417. The molecule has 7 nitrogen and oxygen atoms in total. The fourth-order valence-electron chi connectivity index (χ4n) is 3.72. The summed E-state index contributed by atoms with van der Waals surface area (Å²) in [4.78, 5) is 24.8. The van der Waals surface area contributed by atoms with Crippen LogP contribution in [0.15, 0.2) is 42.5 Å². The first-order chi connectivity index (χ1) is 15.2. The van der Waals surface area contributed by atoms with Gasteiger partial charge in [-0.15, -0.1) is 0 Å². The number of rotatable bonds is 7. The molecule has 0 aromatic heterocycles. The van der Waals surface area contributed by atoms with Crippen LogP contribution in [0.4, 0.5) is 5.69 Å². The van der Waals surface area contributed by atoms with Gasteiger partial charge in [-0.25, -0.2) is 17.5 Å². The molecule has 0 radical (unpaired) electrons. The zero-order valence-corrected chi connectivity index (χ0v) is 19.6. The lowest BCUT2D eigenvalue weighted by molar-refractivity contribution is -0.120. The summed E-state index contributed by atoms with van der Waals surface area (Å²) in [5.41, 5.74) is 3.62. The smallest absolute Gasteiger partial charge is 0.338 e. The number of benzene rings is 2. The van der Waals surface area contributed by atoms with E-state index in [2.05, 4.69) is 5.32 Å². The van der Waals surface area contributed by atoms with Crippen LogP contribution >= 0.6 is 0 Å². The van der Waals surface area contributed by atoms with Crippen molar-refractivity contribution < 1.29 is 22.7 Å². The molecule has 1 amide bonds. The van der Waals surface area contributed by atoms with E-state index in [1.54, 1.807) is 25.1 Å². The second kappa shape index (κ2) is 10.3. The van der Waals surface area contributed by atoms with Crippen LogP contribution < -0.4 is 5.32 Å². The first-order valence-corrected chi connectivity index (χ1v) is 12.4. The van der Waals surface area contributed by atoms with Crippen molar-refractivity contribution in [1.82, 2.24) is 4.31 Å². The van der Waals surface area contributed by atoms with Gasteiger partial charge in [-0.2, -0.15) is 0 Å². The number of esters is 1. The third kappa shape index (κ3) is 5.95. The molecule has 1 N–H and O–H groups in total. The van der Waals surface area contributed by atoms with Crippen LogP contribution in [0, 0.1) is 19.8 Å². The Bertz CT molecular complexity index is 1070. The van der Waals surface area contributed by atoms with Gasteiger partial charge in [0, 0.05) is 24.7 Å². The lowest BCUT2D eigenvalue weighted by atomic mass is 9.97. The SMILES string of the molecule is CCOC(=O)c1ccc(C)c(NC(=O)C2CCN(S(=O)(=O)Cc3ccc(C)cc3)CC2)c1. The lowest BCUT2D eigenvalue weighted by Crippen LogP contribution is -2.41. The molecule has 1 aliphatic heterocycles. The Hall–Kier alpha value is -2.71. The quantitative estimate of drug-likeness (QED) is 0.639. The summed E-state index contributed by atoms with van der Waals surface area (Å²) in [6.45, 7) is 6.46. The molecule has 8 heteroatoms. The number of anilines is 1. The Morgan fingerprint density at radius 2 is 1.72 bits per heavy atom. The van der Waals surface area contributed by atoms with E-state index in [0.29, 0.717) is 37.2 Å². The van der Waals surface area contributed by atoms with Crippen molar-refractivity contribution in [3.05, 3.63) is 64.7 Å². The number of hydrogen-bond acceptors (Lipinski definition) is 5. The van der Waals surface area contributed by atoms with E-state index in [9.17, 15) is 18.0 Å². The van der Waals surface area contributed by atoms with Crippen molar-refractivity contribution in [3.8, 4) is 0 Å². The highest BCUT2D eigenvalue weighted by Gasteiger charge is 2.31. The first-order valence-electron chi connectivity index (χ1n) is 10.8. The lowest BCUT2D eigenvalue weighted by Gasteiger charge is -2.30. The minimum Gasteiger partial charge on any atom is -0.462 e. The number of nitrogens with zero attached hydrogens (tertiary/aromatic N) is 1. The zero-order valence-electron chi connectivity index (χ0n) is 18.8. The molecule has 1 fully saturated rings. The maximum Gasteiger partial charge on any atom is 0.338 e. The zero-order chi connectivity index (χ0) is 23.3. The maximum absolute atomic E-state index is 12.8. The van der Waals surface area contributed by atoms with Gasteiger partial charge in [-0.3, -0.25) is 4.79 Å². The molecule has 0 bridgehead atoms. The highest BCUT2D eigenvalue weighted by molar-refractivity contribution is 7.88. The average molecular weight is 459 g/mol. The highest BCUT2D eigenvalue weighted by atomic mass is 32.2. The van der Waals surface area contributed by atoms with E-state index >= 15 is 0 Å². The van der Waals surface area contributed by atoms with Crippen LogP contribution in [0.2, 0.25) is 0 Å². The van der Waals surface area contributed by atoms with Crippen LogP contribution in [0.1, 0.15) is 46.8 Å². The van der Waals surface area contributed by atoms with Gasteiger partial charge in [0.05, 0.1) is 17.9 Å². The van der Waals surface area contributed by atoms with Gasteiger partial charge >= 0.3 is 5.97 Å². The molecule has 3 rings (SSSR count). The summed E-state index contributed by atoms with van der Waals surface area (Å²) in [5.74, 6) is -0.921. The van der Waals surface area contributed by atoms with Crippen molar-refractivity contribution in [1.29, 1.82) is 0 Å². The Morgan fingerprint density at radius 3 is 2.34 bits per heavy atom. The number of amides is 1. The van der Waals surface area contributed by atoms with Crippen LogP contribution in [0.5, 0.6) is 0 Å². The number of nitrogens with one attached hydrogen (secondary N) is 1. The largest absolute Gasteiger partial charge is 0.462 e. The summed E-state index contributed by atoms with van der Waals surface area (Å²) in [6, 6.07) is 12.5. The molecule has 1 saturated heterocycles. The third-order valence-corrected chi connectivity index (χ3v) is 7.54. The molecule has 1 aliphatic rings. The minimum atomic E-state index is -3.43. The fourth-order valence-corrected chi connectivity index (χ4v) is 5.28. The molecule has 32 heavy (non-hydrogen) atoms. The Labute approximate surface area is 189 Å². The van der Waals surface area contributed by atoms with Gasteiger partial charge in [0.1, 0.15) is 0 Å². The molecule has 2 aromatic carbocycles. The molecule has 1 heterocycles. The Kier molecular flexibility index (Phi) is 7.69. The Morgan fingerprint density at radius 1 is 1.06 bits per heavy atom. The van der Waals surface area contributed by atoms with Crippen LogP contribution in [-0.2, 0) is 25.3 Å². The third-order valence-electron chi connectivity index (χ3n) is 5.69. The Balaban J connectivity index is 1.59. The number of ether oxygens (including phenoxy) is 1. The molecule has 0 saturated carbocycles. The second-order valence-electron chi connectivity index (χ2n) is 8.15. The maximum atomic E-state index is 12.8. The van der Waals surface area contributed by atoms with Crippen LogP contribution in [-0.4, -0.2) is 44.3 Å². The van der Waals surface area contributed by atoms with Crippen molar-refractivity contribution in [3.63, 3.8) is 0 Å². The molecule has 0 unspecified atom stereocenters. The molecule has 172 valence electrons. The monoisotopic (exact) mass is 458 g/mol. The van der Waals surface area contributed by atoms with E-state index in [0.717, 1.165) is 16.7 Å². The van der Waals surface area contributed by atoms with Crippen molar-refractivity contribution in [2.45, 2.75) is 39.4 Å². The van der Waals surface area contributed by atoms with E-state index in [1.807, 2.05) is 38.1 Å². The average Bonchev–Trinajstić information content (AvgIpc) is 2.77. The number of aryl methyl sites for hydroxylation is 2. The van der Waals surface area contributed by atoms with Crippen LogP contribution in [0.25, 0.3) is 0 Å². The van der Waals surface area contributed by atoms with Crippen molar-refractivity contribution >= 4 is 27.6 Å². The number of sulfonamides is 1. The molecule has 2 aromatic rings. The summed E-state index contributed by atoms with van der Waals surface area (Å²) in [7, 11) is -3.43. The van der Waals surface area contributed by atoms with Gasteiger partial charge < -0.3 is 10.1 Å². The molecule has 0 spiro atoms. The van der Waals surface area contributed by atoms with Gasteiger partial charge in [0.2, 0.25) is 15.9 Å². The minimum absolute atomic E-state index is 0.0377. The number of carbonyl (C=O) groups is 2. The number of piperidine rings is 1. The first kappa shape index (κ1) is 23.9. The number of hydrogen-bond donors (Lipinski definition) is 1. The topological polar surface area (TPSA) is 92.8 Å².